The Morgan fingerprint density at radius 1 is 0.857 bits per heavy atom. The molecule has 0 aliphatic carbocycles. The number of carbonyl (C=O) groups is 1. The molecule has 144 valence electrons. The van der Waals surface area contributed by atoms with Gasteiger partial charge >= 0.3 is 0 Å². The molecule has 1 atom stereocenters. The Morgan fingerprint density at radius 3 is 2.07 bits per heavy atom. The fourth-order valence-electron chi connectivity index (χ4n) is 2.96. The van der Waals surface area contributed by atoms with Gasteiger partial charge in [-0.1, -0.05) is 67.6 Å². The van der Waals surface area contributed by atoms with Gasteiger partial charge in [0.15, 0.2) is 0 Å². The van der Waals surface area contributed by atoms with Crippen LogP contribution in [-0.2, 0) is 17.0 Å². The van der Waals surface area contributed by atoms with Crippen molar-refractivity contribution in [3.8, 4) is 0 Å². The topological polar surface area (TPSA) is 41.1 Å². The molecule has 0 radical (unpaired) electrons. The van der Waals surface area contributed by atoms with Crippen molar-refractivity contribution in [3.63, 3.8) is 0 Å². The molecule has 0 aliphatic rings. The van der Waals surface area contributed by atoms with Gasteiger partial charge < -0.3 is 10.6 Å². The van der Waals surface area contributed by atoms with Crippen LogP contribution in [0.5, 0.6) is 0 Å². The molecule has 0 aromatic heterocycles. The Hall–Kier alpha value is -2.56. The third-order valence-corrected chi connectivity index (χ3v) is 5.50. The van der Waals surface area contributed by atoms with Crippen molar-refractivity contribution < 1.29 is 4.79 Å². The SMILES string of the molecule is CCN[C@@H](Cc1ccccc1)C(=O)Nc1ccc(SCc2ccccc2)cc1. The van der Waals surface area contributed by atoms with E-state index in [1.807, 2.05) is 43.3 Å². The molecule has 0 bridgehead atoms. The number of likely N-dealkylation sites (N-methyl/N-ethyl adjacent to an activating group) is 1. The van der Waals surface area contributed by atoms with Gasteiger partial charge in [-0.3, -0.25) is 4.79 Å². The molecule has 0 unspecified atom stereocenters. The molecule has 2 N–H and O–H groups in total. The Morgan fingerprint density at radius 2 is 1.46 bits per heavy atom. The second-order valence-corrected chi connectivity index (χ2v) is 7.64. The number of nitrogens with one attached hydrogen (secondary N) is 2. The standard InChI is InChI=1S/C24H26N2OS/c1-2-25-23(17-19-9-5-3-6-10-19)24(27)26-21-13-15-22(16-14-21)28-18-20-11-7-4-8-12-20/h3-16,23,25H,2,17-18H2,1H3,(H,26,27)/t23-/m0/s1. The van der Waals surface area contributed by atoms with Crippen molar-refractivity contribution in [3.05, 3.63) is 96.1 Å². The highest BCUT2D eigenvalue weighted by Gasteiger charge is 2.17. The van der Waals surface area contributed by atoms with Gasteiger partial charge in [-0.2, -0.15) is 0 Å². The number of rotatable bonds is 9. The molecule has 28 heavy (non-hydrogen) atoms. The van der Waals surface area contributed by atoms with Crippen LogP contribution in [0.3, 0.4) is 0 Å². The van der Waals surface area contributed by atoms with Gasteiger partial charge in [0.2, 0.25) is 5.91 Å². The molecule has 0 spiro atoms. The summed E-state index contributed by atoms with van der Waals surface area (Å²) < 4.78 is 0. The highest BCUT2D eigenvalue weighted by atomic mass is 32.2. The van der Waals surface area contributed by atoms with E-state index in [1.54, 1.807) is 11.8 Å². The van der Waals surface area contributed by atoms with Crippen LogP contribution in [0.1, 0.15) is 18.1 Å². The normalized spacial score (nSPS) is 11.8. The molecule has 0 saturated carbocycles. The summed E-state index contributed by atoms with van der Waals surface area (Å²) in [6.07, 6.45) is 0.672. The van der Waals surface area contributed by atoms with Crippen LogP contribution >= 0.6 is 11.8 Å². The summed E-state index contributed by atoms with van der Waals surface area (Å²) in [4.78, 5) is 13.9. The third-order valence-electron chi connectivity index (χ3n) is 4.42. The van der Waals surface area contributed by atoms with E-state index in [0.717, 1.165) is 23.5 Å². The zero-order chi connectivity index (χ0) is 19.6. The summed E-state index contributed by atoms with van der Waals surface area (Å²) in [5.74, 6) is 0.932. The molecule has 3 nitrogen and oxygen atoms in total. The molecule has 0 heterocycles. The van der Waals surface area contributed by atoms with Crippen molar-refractivity contribution in [1.82, 2.24) is 5.32 Å². The number of anilines is 1. The van der Waals surface area contributed by atoms with Crippen LogP contribution in [0, 0.1) is 0 Å². The van der Waals surface area contributed by atoms with Crippen LogP contribution in [0.25, 0.3) is 0 Å². The molecule has 1 amide bonds. The quantitative estimate of drug-likeness (QED) is 0.497. The molecule has 4 heteroatoms. The maximum absolute atomic E-state index is 12.7. The van der Waals surface area contributed by atoms with Crippen LogP contribution in [0.15, 0.2) is 89.8 Å². The number of hydrogen-bond donors (Lipinski definition) is 2. The number of carbonyl (C=O) groups excluding carboxylic acids is 1. The Kier molecular flexibility index (Phi) is 7.71. The first kappa shape index (κ1) is 20.2. The first-order valence-electron chi connectivity index (χ1n) is 9.59. The lowest BCUT2D eigenvalue weighted by atomic mass is 10.1. The lowest BCUT2D eigenvalue weighted by Gasteiger charge is -2.18. The van der Waals surface area contributed by atoms with Gasteiger partial charge in [0, 0.05) is 16.3 Å². The fraction of sp³-hybridized carbons (Fsp3) is 0.208. The third kappa shape index (κ3) is 6.25. The van der Waals surface area contributed by atoms with Crippen LogP contribution < -0.4 is 10.6 Å². The van der Waals surface area contributed by atoms with E-state index in [4.69, 9.17) is 0 Å². The zero-order valence-corrected chi connectivity index (χ0v) is 16.9. The predicted octanol–water partition coefficient (Wildman–Crippen LogP) is 5.14. The van der Waals surface area contributed by atoms with Gasteiger partial charge in [0.25, 0.3) is 0 Å². The Balaban J connectivity index is 1.56. The Labute approximate surface area is 171 Å². The number of benzene rings is 3. The average molecular weight is 391 g/mol. The molecular formula is C24H26N2OS. The molecule has 0 aliphatic heterocycles. The smallest absolute Gasteiger partial charge is 0.241 e. The lowest BCUT2D eigenvalue weighted by molar-refractivity contribution is -0.118. The van der Waals surface area contributed by atoms with E-state index in [-0.39, 0.29) is 11.9 Å². The summed E-state index contributed by atoms with van der Waals surface area (Å²) in [5, 5.41) is 6.32. The monoisotopic (exact) mass is 390 g/mol. The van der Waals surface area contributed by atoms with Gasteiger partial charge in [0.05, 0.1) is 6.04 Å². The molecule has 0 fully saturated rings. The highest BCUT2D eigenvalue weighted by molar-refractivity contribution is 7.98. The Bertz CT molecular complexity index is 851. The van der Waals surface area contributed by atoms with Gasteiger partial charge in [-0.15, -0.1) is 11.8 Å². The van der Waals surface area contributed by atoms with E-state index < -0.39 is 0 Å². The van der Waals surface area contributed by atoms with Crippen molar-refractivity contribution in [1.29, 1.82) is 0 Å². The van der Waals surface area contributed by atoms with Crippen molar-refractivity contribution >= 4 is 23.4 Å². The minimum atomic E-state index is -0.250. The van der Waals surface area contributed by atoms with Crippen LogP contribution in [0.2, 0.25) is 0 Å². The van der Waals surface area contributed by atoms with E-state index in [1.165, 1.54) is 10.5 Å². The molecule has 3 aromatic carbocycles. The second-order valence-electron chi connectivity index (χ2n) is 6.59. The fourth-order valence-corrected chi connectivity index (χ4v) is 3.81. The first-order valence-corrected chi connectivity index (χ1v) is 10.6. The van der Waals surface area contributed by atoms with Crippen LogP contribution in [-0.4, -0.2) is 18.5 Å². The maximum atomic E-state index is 12.7. The minimum Gasteiger partial charge on any atom is -0.325 e. The molecule has 3 rings (SSSR count). The van der Waals surface area contributed by atoms with Gasteiger partial charge in [-0.25, -0.2) is 0 Å². The maximum Gasteiger partial charge on any atom is 0.241 e. The number of hydrogen-bond acceptors (Lipinski definition) is 3. The first-order chi connectivity index (χ1) is 13.7. The number of thioether (sulfide) groups is 1. The summed E-state index contributed by atoms with van der Waals surface area (Å²) in [6.45, 7) is 2.77. The van der Waals surface area contributed by atoms with Gasteiger partial charge in [0.1, 0.15) is 0 Å². The largest absolute Gasteiger partial charge is 0.325 e. The van der Waals surface area contributed by atoms with Crippen molar-refractivity contribution in [2.45, 2.75) is 30.0 Å². The van der Waals surface area contributed by atoms with E-state index in [0.29, 0.717) is 6.42 Å². The summed E-state index contributed by atoms with van der Waals surface area (Å²) >= 11 is 1.79. The van der Waals surface area contributed by atoms with E-state index >= 15 is 0 Å². The molecule has 3 aromatic rings. The van der Waals surface area contributed by atoms with Crippen LogP contribution in [0.4, 0.5) is 5.69 Å². The van der Waals surface area contributed by atoms with E-state index in [2.05, 4.69) is 59.2 Å². The summed E-state index contributed by atoms with van der Waals surface area (Å²) in [7, 11) is 0. The average Bonchev–Trinajstić information content (AvgIpc) is 2.74. The summed E-state index contributed by atoms with van der Waals surface area (Å²) in [6, 6.07) is 28.3. The predicted molar refractivity (Wildman–Crippen MR) is 119 cm³/mol. The van der Waals surface area contributed by atoms with Crippen molar-refractivity contribution in [2.24, 2.45) is 0 Å². The summed E-state index contributed by atoms with van der Waals surface area (Å²) in [5.41, 5.74) is 3.28. The molecular weight excluding hydrogens is 364 g/mol. The molecule has 0 saturated heterocycles. The lowest BCUT2D eigenvalue weighted by Crippen LogP contribution is -2.42. The minimum absolute atomic E-state index is 0.00427. The number of amides is 1. The second kappa shape index (κ2) is 10.7. The zero-order valence-electron chi connectivity index (χ0n) is 16.1. The van der Waals surface area contributed by atoms with Gasteiger partial charge in [-0.05, 0) is 48.4 Å². The highest BCUT2D eigenvalue weighted by Crippen LogP contribution is 2.24. The van der Waals surface area contributed by atoms with E-state index in [9.17, 15) is 4.79 Å². The van der Waals surface area contributed by atoms with Crippen molar-refractivity contribution in [2.75, 3.05) is 11.9 Å².